The molecule has 2 heterocycles. The van der Waals surface area contributed by atoms with Crippen LogP contribution in [0.2, 0.25) is 0 Å². The lowest BCUT2D eigenvalue weighted by molar-refractivity contribution is 0.228. The first-order valence-electron chi connectivity index (χ1n) is 9.16. The predicted octanol–water partition coefficient (Wildman–Crippen LogP) is 3.89. The molecule has 0 atom stereocenters. The maximum absolute atomic E-state index is 7.19. The molecular formula is C20H23N5. The molecule has 1 aliphatic carbocycles. The summed E-state index contributed by atoms with van der Waals surface area (Å²) in [4.78, 5) is 15.0. The lowest BCUT2D eigenvalue weighted by Crippen LogP contribution is -2.31. The zero-order chi connectivity index (χ0) is 17.1. The van der Waals surface area contributed by atoms with E-state index in [1.165, 1.54) is 43.5 Å². The molecule has 0 unspecified atom stereocenters. The van der Waals surface area contributed by atoms with Crippen LogP contribution in [0, 0.1) is 6.57 Å². The fraction of sp³-hybridized carbons (Fsp3) is 0.450. The van der Waals surface area contributed by atoms with Crippen LogP contribution in [-0.2, 0) is 6.42 Å². The second-order valence-electron chi connectivity index (χ2n) is 6.86. The summed E-state index contributed by atoms with van der Waals surface area (Å²) in [5, 5.41) is 3.52. The lowest BCUT2D eigenvalue weighted by Gasteiger charge is -2.26. The van der Waals surface area contributed by atoms with Gasteiger partial charge in [0.15, 0.2) is 5.69 Å². The summed E-state index contributed by atoms with van der Waals surface area (Å²) in [5.41, 5.74) is 5.22. The normalized spacial score (nSPS) is 16.1. The van der Waals surface area contributed by atoms with Gasteiger partial charge in [-0.3, -0.25) is 0 Å². The van der Waals surface area contributed by atoms with Gasteiger partial charge in [0.1, 0.15) is 12.1 Å². The summed E-state index contributed by atoms with van der Waals surface area (Å²) in [6.07, 6.45) is 7.64. The van der Waals surface area contributed by atoms with Crippen LogP contribution >= 0.6 is 0 Å². The Morgan fingerprint density at radius 2 is 2.04 bits per heavy atom. The SMILES string of the molecule is [C-]#[N+]c1ccc2c(c1)Cc1ncnc(NCCCN3CCCCC3)c1-2. The molecule has 0 radical (unpaired) electrons. The van der Waals surface area contributed by atoms with Gasteiger partial charge in [0.2, 0.25) is 0 Å². The monoisotopic (exact) mass is 333 g/mol. The second-order valence-corrected chi connectivity index (χ2v) is 6.86. The predicted molar refractivity (Wildman–Crippen MR) is 99.9 cm³/mol. The van der Waals surface area contributed by atoms with Crippen molar-refractivity contribution < 1.29 is 0 Å². The molecule has 1 aromatic carbocycles. The van der Waals surface area contributed by atoms with Crippen molar-refractivity contribution in [2.75, 3.05) is 31.5 Å². The third-order valence-corrected chi connectivity index (χ3v) is 5.16. The Balaban J connectivity index is 1.44. The van der Waals surface area contributed by atoms with Crippen molar-refractivity contribution in [2.24, 2.45) is 0 Å². The van der Waals surface area contributed by atoms with Gasteiger partial charge < -0.3 is 10.2 Å². The highest BCUT2D eigenvalue weighted by Gasteiger charge is 2.23. The first-order valence-corrected chi connectivity index (χ1v) is 9.16. The molecule has 5 heteroatoms. The molecule has 0 amide bonds. The third kappa shape index (κ3) is 3.35. The van der Waals surface area contributed by atoms with Crippen LogP contribution in [0.25, 0.3) is 16.0 Å². The molecule has 2 aromatic rings. The summed E-state index contributed by atoms with van der Waals surface area (Å²) in [6.45, 7) is 11.8. The van der Waals surface area contributed by atoms with Crippen molar-refractivity contribution in [1.82, 2.24) is 14.9 Å². The van der Waals surface area contributed by atoms with Crippen LogP contribution in [0.3, 0.4) is 0 Å². The van der Waals surface area contributed by atoms with Crippen molar-refractivity contribution in [1.29, 1.82) is 0 Å². The van der Waals surface area contributed by atoms with E-state index in [9.17, 15) is 0 Å². The number of anilines is 1. The summed E-state index contributed by atoms with van der Waals surface area (Å²) in [5.74, 6) is 0.929. The van der Waals surface area contributed by atoms with E-state index in [0.29, 0.717) is 5.69 Å². The summed E-state index contributed by atoms with van der Waals surface area (Å²) >= 11 is 0. The number of hydrogen-bond acceptors (Lipinski definition) is 4. The van der Waals surface area contributed by atoms with Gasteiger partial charge in [0.25, 0.3) is 0 Å². The summed E-state index contributed by atoms with van der Waals surface area (Å²) in [7, 11) is 0. The standard InChI is InChI=1S/C20H23N5/c1-21-16-6-7-17-15(12-16)13-18-19(17)20(24-14-23-18)22-8-5-11-25-9-3-2-4-10-25/h6-7,12,14H,2-5,8-11,13H2,(H,22,23,24). The maximum Gasteiger partial charge on any atom is 0.187 e. The number of nitrogens with one attached hydrogen (secondary N) is 1. The highest BCUT2D eigenvalue weighted by Crippen LogP contribution is 2.40. The fourth-order valence-corrected chi connectivity index (χ4v) is 3.89. The van der Waals surface area contributed by atoms with Crippen LogP contribution in [0.15, 0.2) is 24.5 Å². The average molecular weight is 333 g/mol. The van der Waals surface area contributed by atoms with E-state index in [-0.39, 0.29) is 0 Å². The molecule has 0 spiro atoms. The number of rotatable bonds is 5. The molecule has 1 fully saturated rings. The van der Waals surface area contributed by atoms with Gasteiger partial charge in [0, 0.05) is 18.5 Å². The molecule has 5 nitrogen and oxygen atoms in total. The Morgan fingerprint density at radius 3 is 2.88 bits per heavy atom. The molecule has 25 heavy (non-hydrogen) atoms. The zero-order valence-corrected chi connectivity index (χ0v) is 14.5. The average Bonchev–Trinajstić information content (AvgIpc) is 3.04. The number of aromatic nitrogens is 2. The topological polar surface area (TPSA) is 45.4 Å². The van der Waals surface area contributed by atoms with E-state index in [2.05, 4.69) is 25.0 Å². The largest absolute Gasteiger partial charge is 0.369 e. The van der Waals surface area contributed by atoms with E-state index in [4.69, 9.17) is 6.57 Å². The number of nitrogens with zero attached hydrogens (tertiary/aromatic N) is 4. The molecule has 1 saturated heterocycles. The molecule has 0 bridgehead atoms. The molecule has 2 aliphatic rings. The van der Waals surface area contributed by atoms with Gasteiger partial charge in [-0.15, -0.1) is 0 Å². The summed E-state index contributed by atoms with van der Waals surface area (Å²) < 4.78 is 0. The smallest absolute Gasteiger partial charge is 0.187 e. The molecular weight excluding hydrogens is 310 g/mol. The highest BCUT2D eigenvalue weighted by atomic mass is 15.1. The maximum atomic E-state index is 7.19. The number of fused-ring (bicyclic) bond motifs is 3. The highest BCUT2D eigenvalue weighted by molar-refractivity contribution is 5.85. The quantitative estimate of drug-likeness (QED) is 0.568. The molecule has 4 rings (SSSR count). The van der Waals surface area contributed by atoms with E-state index in [0.717, 1.165) is 43.0 Å². The van der Waals surface area contributed by atoms with Crippen LogP contribution < -0.4 is 5.32 Å². The van der Waals surface area contributed by atoms with Crippen LogP contribution in [0.1, 0.15) is 36.9 Å². The van der Waals surface area contributed by atoms with Crippen LogP contribution in [0.4, 0.5) is 11.5 Å². The zero-order valence-electron chi connectivity index (χ0n) is 14.5. The molecule has 128 valence electrons. The van der Waals surface area contributed by atoms with Crippen LogP contribution in [-0.4, -0.2) is 41.0 Å². The first kappa shape index (κ1) is 16.0. The Bertz CT molecular complexity index is 802. The Kier molecular flexibility index (Phi) is 4.62. The van der Waals surface area contributed by atoms with Gasteiger partial charge in [-0.05, 0) is 50.0 Å². The lowest BCUT2D eigenvalue weighted by atomic mass is 10.1. The molecule has 1 aliphatic heterocycles. The first-order chi connectivity index (χ1) is 12.3. The van der Waals surface area contributed by atoms with E-state index in [1.807, 2.05) is 18.2 Å². The van der Waals surface area contributed by atoms with Gasteiger partial charge in [-0.2, -0.15) is 0 Å². The minimum atomic E-state index is 0.690. The van der Waals surface area contributed by atoms with Crippen molar-refractivity contribution in [3.8, 4) is 11.1 Å². The summed E-state index contributed by atoms with van der Waals surface area (Å²) in [6, 6.07) is 5.90. The Morgan fingerprint density at radius 1 is 1.16 bits per heavy atom. The van der Waals surface area contributed by atoms with Gasteiger partial charge in [-0.25, -0.2) is 14.8 Å². The molecule has 1 aromatic heterocycles. The van der Waals surface area contributed by atoms with Crippen molar-refractivity contribution in [2.45, 2.75) is 32.1 Å². The van der Waals surface area contributed by atoms with Crippen molar-refractivity contribution >= 4 is 11.5 Å². The van der Waals surface area contributed by atoms with Crippen LogP contribution in [0.5, 0.6) is 0 Å². The minimum absolute atomic E-state index is 0.690. The number of piperidine rings is 1. The Hall–Kier alpha value is -2.45. The number of likely N-dealkylation sites (tertiary alicyclic amines) is 1. The fourth-order valence-electron chi connectivity index (χ4n) is 3.89. The second kappa shape index (κ2) is 7.20. The third-order valence-electron chi connectivity index (χ3n) is 5.16. The van der Waals surface area contributed by atoms with Gasteiger partial charge >= 0.3 is 0 Å². The number of benzene rings is 1. The van der Waals surface area contributed by atoms with Crippen molar-refractivity contribution in [3.63, 3.8) is 0 Å². The van der Waals surface area contributed by atoms with E-state index in [1.54, 1.807) is 6.33 Å². The van der Waals surface area contributed by atoms with Gasteiger partial charge in [-0.1, -0.05) is 24.6 Å². The minimum Gasteiger partial charge on any atom is -0.369 e. The number of hydrogen-bond donors (Lipinski definition) is 1. The van der Waals surface area contributed by atoms with Gasteiger partial charge in [0.05, 0.1) is 12.3 Å². The molecule has 1 N–H and O–H groups in total. The van der Waals surface area contributed by atoms with Crippen molar-refractivity contribution in [3.05, 3.63) is 47.2 Å². The van der Waals surface area contributed by atoms with E-state index < -0.39 is 0 Å². The Labute approximate surface area is 148 Å². The molecule has 0 saturated carbocycles. The van der Waals surface area contributed by atoms with E-state index >= 15 is 0 Å².